The Labute approximate surface area is 138 Å². The average Bonchev–Trinajstić information content (AvgIpc) is 3.23. The summed E-state index contributed by atoms with van der Waals surface area (Å²) in [5, 5.41) is 13.4. The van der Waals surface area contributed by atoms with Gasteiger partial charge in [-0.05, 0) is 18.9 Å². The molecule has 0 aliphatic carbocycles. The number of benzene rings is 1. The molecule has 1 aliphatic rings. The summed E-state index contributed by atoms with van der Waals surface area (Å²) in [7, 11) is 0. The van der Waals surface area contributed by atoms with E-state index in [0.29, 0.717) is 10.8 Å². The van der Waals surface area contributed by atoms with Crippen LogP contribution in [0.15, 0.2) is 28.7 Å². The summed E-state index contributed by atoms with van der Waals surface area (Å²) < 4.78 is 2.52. The van der Waals surface area contributed by atoms with E-state index < -0.39 is 0 Å². The van der Waals surface area contributed by atoms with Gasteiger partial charge in [0.15, 0.2) is 0 Å². The van der Waals surface area contributed by atoms with Crippen LogP contribution in [0.4, 0.5) is 0 Å². The van der Waals surface area contributed by atoms with Gasteiger partial charge in [0.2, 0.25) is 10.8 Å². The van der Waals surface area contributed by atoms with Crippen molar-refractivity contribution >= 4 is 38.1 Å². The Kier molecular flexibility index (Phi) is 3.42. The summed E-state index contributed by atoms with van der Waals surface area (Å²) in [6.45, 7) is 1.57. The van der Waals surface area contributed by atoms with Crippen molar-refractivity contribution in [2.24, 2.45) is 0 Å². The lowest BCUT2D eigenvalue weighted by molar-refractivity contribution is 0.0778. The number of hydrogen-bond donors (Lipinski definition) is 0. The molecule has 8 heteroatoms. The molecule has 1 saturated heterocycles. The Hall–Kier alpha value is -1.80. The molecular weight excluding hydrogens is 366 g/mol. The van der Waals surface area contributed by atoms with Gasteiger partial charge in [-0.1, -0.05) is 45.5 Å². The van der Waals surface area contributed by atoms with E-state index in [0.717, 1.165) is 41.0 Å². The maximum Gasteiger partial charge on any atom is 0.293 e. The van der Waals surface area contributed by atoms with Crippen molar-refractivity contribution in [1.82, 2.24) is 24.7 Å². The number of nitrogens with zero attached hydrogens (tertiary/aromatic N) is 5. The monoisotopic (exact) mass is 377 g/mol. The minimum atomic E-state index is -0.0889. The van der Waals surface area contributed by atoms with Crippen LogP contribution in [0.5, 0.6) is 0 Å². The van der Waals surface area contributed by atoms with Crippen LogP contribution in [-0.4, -0.2) is 43.7 Å². The smallest absolute Gasteiger partial charge is 0.293 e. The topological polar surface area (TPSA) is 63.4 Å². The lowest BCUT2D eigenvalue weighted by atomic mass is 10.2. The van der Waals surface area contributed by atoms with Crippen molar-refractivity contribution < 1.29 is 4.79 Å². The van der Waals surface area contributed by atoms with Crippen molar-refractivity contribution in [3.05, 3.63) is 34.6 Å². The number of fused-ring (bicyclic) bond motifs is 1. The average molecular weight is 378 g/mol. The molecule has 1 fully saturated rings. The van der Waals surface area contributed by atoms with Gasteiger partial charge in [0, 0.05) is 23.1 Å². The molecular formula is C14H12BrN5OS. The summed E-state index contributed by atoms with van der Waals surface area (Å²) in [5.41, 5.74) is 0.984. The van der Waals surface area contributed by atoms with Crippen LogP contribution in [0, 0.1) is 0 Å². The van der Waals surface area contributed by atoms with Gasteiger partial charge in [-0.2, -0.15) is 9.61 Å². The molecule has 1 amide bonds. The Balaban J connectivity index is 1.76. The molecule has 0 saturated carbocycles. The van der Waals surface area contributed by atoms with Gasteiger partial charge in [-0.3, -0.25) is 4.79 Å². The molecule has 6 nitrogen and oxygen atoms in total. The van der Waals surface area contributed by atoms with Crippen molar-refractivity contribution in [1.29, 1.82) is 0 Å². The summed E-state index contributed by atoms with van der Waals surface area (Å²) in [6.07, 6.45) is 2.10. The minimum absolute atomic E-state index is 0.0889. The molecule has 0 N–H and O–H groups in total. The highest BCUT2D eigenvalue weighted by Gasteiger charge is 2.26. The summed E-state index contributed by atoms with van der Waals surface area (Å²) in [6, 6.07) is 7.86. The molecule has 3 heterocycles. The predicted molar refractivity (Wildman–Crippen MR) is 86.9 cm³/mol. The molecule has 4 rings (SSSR count). The zero-order valence-electron chi connectivity index (χ0n) is 11.6. The van der Waals surface area contributed by atoms with Crippen molar-refractivity contribution in [3.8, 4) is 10.6 Å². The Morgan fingerprint density at radius 1 is 1.18 bits per heavy atom. The van der Waals surface area contributed by atoms with Crippen molar-refractivity contribution in [2.75, 3.05) is 13.1 Å². The number of amides is 1. The SMILES string of the molecule is O=C(c1nnc2sc(-c3ccccc3Br)nn12)N1CCCC1. The summed E-state index contributed by atoms with van der Waals surface area (Å²) in [5.74, 6) is 0.209. The first-order valence-corrected chi connectivity index (χ1v) is 8.61. The first-order valence-electron chi connectivity index (χ1n) is 7.00. The third kappa shape index (κ3) is 2.22. The van der Waals surface area contributed by atoms with Gasteiger partial charge in [-0.15, -0.1) is 10.2 Å². The van der Waals surface area contributed by atoms with E-state index in [-0.39, 0.29) is 5.91 Å². The molecule has 0 spiro atoms. The van der Waals surface area contributed by atoms with E-state index in [1.165, 1.54) is 11.3 Å². The number of carbonyl (C=O) groups excluding carboxylic acids is 1. The molecule has 2 aromatic heterocycles. The second-order valence-electron chi connectivity index (χ2n) is 5.10. The Bertz CT molecular complexity index is 852. The largest absolute Gasteiger partial charge is 0.336 e. The van der Waals surface area contributed by atoms with E-state index in [1.807, 2.05) is 29.2 Å². The van der Waals surface area contributed by atoms with Crippen LogP contribution < -0.4 is 0 Å². The molecule has 0 radical (unpaired) electrons. The standard InChI is InChI=1S/C14H12BrN5OS/c15-10-6-2-1-5-9(10)12-18-20-11(16-17-14(20)22-12)13(21)19-7-3-4-8-19/h1-2,5-6H,3-4,7-8H2. The number of hydrogen-bond acceptors (Lipinski definition) is 5. The van der Waals surface area contributed by atoms with Gasteiger partial charge < -0.3 is 4.90 Å². The Morgan fingerprint density at radius 3 is 2.73 bits per heavy atom. The number of rotatable bonds is 2. The second kappa shape index (κ2) is 5.44. The third-order valence-electron chi connectivity index (χ3n) is 3.68. The van der Waals surface area contributed by atoms with Crippen LogP contribution in [-0.2, 0) is 0 Å². The van der Waals surface area contributed by atoms with E-state index in [1.54, 1.807) is 4.52 Å². The quantitative estimate of drug-likeness (QED) is 0.688. The normalized spacial score (nSPS) is 14.9. The number of halogens is 1. The zero-order valence-corrected chi connectivity index (χ0v) is 14.0. The summed E-state index contributed by atoms with van der Waals surface area (Å²) in [4.78, 5) is 14.9. The van der Waals surface area contributed by atoms with E-state index >= 15 is 0 Å². The van der Waals surface area contributed by atoms with Gasteiger partial charge in [0.05, 0.1) is 0 Å². The second-order valence-corrected chi connectivity index (χ2v) is 6.91. The fourth-order valence-corrected chi connectivity index (χ4v) is 4.04. The molecule has 0 atom stereocenters. The molecule has 3 aromatic rings. The van der Waals surface area contributed by atoms with E-state index in [2.05, 4.69) is 31.2 Å². The molecule has 0 bridgehead atoms. The lowest BCUT2D eigenvalue weighted by Crippen LogP contribution is -2.29. The van der Waals surface area contributed by atoms with Crippen molar-refractivity contribution in [3.63, 3.8) is 0 Å². The number of likely N-dealkylation sites (tertiary alicyclic amines) is 1. The van der Waals surface area contributed by atoms with Crippen LogP contribution in [0.3, 0.4) is 0 Å². The predicted octanol–water partition coefficient (Wildman–Crippen LogP) is 2.85. The molecule has 22 heavy (non-hydrogen) atoms. The van der Waals surface area contributed by atoms with Gasteiger partial charge in [-0.25, -0.2) is 0 Å². The van der Waals surface area contributed by atoms with Crippen LogP contribution in [0.25, 0.3) is 15.5 Å². The molecule has 112 valence electrons. The Morgan fingerprint density at radius 2 is 1.95 bits per heavy atom. The number of carbonyl (C=O) groups is 1. The maximum absolute atomic E-state index is 12.5. The van der Waals surface area contributed by atoms with Crippen molar-refractivity contribution in [2.45, 2.75) is 12.8 Å². The molecule has 1 aromatic carbocycles. The molecule has 0 unspecified atom stereocenters. The highest BCUT2D eigenvalue weighted by atomic mass is 79.9. The fourth-order valence-electron chi connectivity index (χ4n) is 2.56. The molecule has 1 aliphatic heterocycles. The van der Waals surface area contributed by atoms with Gasteiger partial charge >= 0.3 is 0 Å². The van der Waals surface area contributed by atoms with Crippen LogP contribution >= 0.6 is 27.3 Å². The highest BCUT2D eigenvalue weighted by Crippen LogP contribution is 2.31. The lowest BCUT2D eigenvalue weighted by Gasteiger charge is -2.12. The van der Waals surface area contributed by atoms with Crippen LogP contribution in [0.2, 0.25) is 0 Å². The van der Waals surface area contributed by atoms with E-state index in [4.69, 9.17) is 0 Å². The first kappa shape index (κ1) is 13.8. The fraction of sp³-hybridized carbons (Fsp3) is 0.286. The van der Waals surface area contributed by atoms with Crippen LogP contribution in [0.1, 0.15) is 23.5 Å². The first-order chi connectivity index (χ1) is 10.7. The number of aromatic nitrogens is 4. The van der Waals surface area contributed by atoms with E-state index in [9.17, 15) is 4.79 Å². The van der Waals surface area contributed by atoms with Gasteiger partial charge in [0.1, 0.15) is 5.01 Å². The summed E-state index contributed by atoms with van der Waals surface area (Å²) >= 11 is 4.95. The highest BCUT2D eigenvalue weighted by molar-refractivity contribution is 9.10. The maximum atomic E-state index is 12.5. The van der Waals surface area contributed by atoms with Gasteiger partial charge in [0.25, 0.3) is 5.91 Å². The third-order valence-corrected chi connectivity index (χ3v) is 5.30. The zero-order chi connectivity index (χ0) is 15.1. The minimum Gasteiger partial charge on any atom is -0.336 e.